The van der Waals surface area contributed by atoms with E-state index in [1.54, 1.807) is 0 Å². The Kier molecular flexibility index (Phi) is 3.82. The molecule has 0 aromatic heterocycles. The van der Waals surface area contributed by atoms with Crippen molar-refractivity contribution in [3.05, 3.63) is 22.7 Å². The van der Waals surface area contributed by atoms with E-state index in [1.165, 1.54) is 0 Å². The van der Waals surface area contributed by atoms with Crippen LogP contribution in [0.3, 0.4) is 0 Å². The molecule has 1 aromatic rings. The summed E-state index contributed by atoms with van der Waals surface area (Å²) in [6.07, 6.45) is 1.96. The van der Waals surface area contributed by atoms with Crippen molar-refractivity contribution < 1.29 is 9.47 Å². The van der Waals surface area contributed by atoms with Gasteiger partial charge in [0, 0.05) is 32.1 Å². The highest BCUT2D eigenvalue weighted by molar-refractivity contribution is 6.32. The van der Waals surface area contributed by atoms with Crippen LogP contribution in [-0.4, -0.2) is 37.2 Å². The molecule has 1 atom stereocenters. The minimum atomic E-state index is 0.302. The van der Waals surface area contributed by atoms with E-state index in [1.807, 2.05) is 12.1 Å². The fraction of sp³-hybridized carbons (Fsp3) is 0.571. The van der Waals surface area contributed by atoms with Gasteiger partial charge in [0.1, 0.15) is 0 Å². The lowest BCUT2D eigenvalue weighted by Crippen LogP contribution is -2.26. The molecular formula is C14H19ClN2O2. The SMILES string of the molecule is N[C@H]1CCN(Cc2cc(Cl)c3c(c2)OCCCO3)C1. The Morgan fingerprint density at radius 3 is 2.95 bits per heavy atom. The summed E-state index contributed by atoms with van der Waals surface area (Å²) in [4.78, 5) is 2.35. The van der Waals surface area contributed by atoms with Gasteiger partial charge in [0.05, 0.1) is 18.2 Å². The van der Waals surface area contributed by atoms with Crippen LogP contribution in [0.4, 0.5) is 0 Å². The van der Waals surface area contributed by atoms with Gasteiger partial charge in [-0.15, -0.1) is 0 Å². The second-order valence-electron chi connectivity index (χ2n) is 5.24. The molecule has 4 nitrogen and oxygen atoms in total. The molecule has 2 aliphatic heterocycles. The molecule has 19 heavy (non-hydrogen) atoms. The van der Waals surface area contributed by atoms with Gasteiger partial charge in [0.15, 0.2) is 11.5 Å². The Hall–Kier alpha value is -0.970. The van der Waals surface area contributed by atoms with Gasteiger partial charge in [-0.05, 0) is 24.1 Å². The number of ether oxygens (including phenoxy) is 2. The average Bonchev–Trinajstić information content (AvgIpc) is 2.64. The maximum absolute atomic E-state index is 6.29. The minimum Gasteiger partial charge on any atom is -0.489 e. The summed E-state index contributed by atoms with van der Waals surface area (Å²) in [6.45, 7) is 4.21. The van der Waals surface area contributed by atoms with Gasteiger partial charge in [-0.2, -0.15) is 0 Å². The van der Waals surface area contributed by atoms with Crippen molar-refractivity contribution in [3.63, 3.8) is 0 Å². The van der Waals surface area contributed by atoms with Crippen LogP contribution in [0.5, 0.6) is 11.5 Å². The summed E-state index contributed by atoms with van der Waals surface area (Å²) in [5.74, 6) is 1.45. The smallest absolute Gasteiger partial charge is 0.179 e. The van der Waals surface area contributed by atoms with Crippen molar-refractivity contribution >= 4 is 11.6 Å². The zero-order chi connectivity index (χ0) is 13.2. The van der Waals surface area contributed by atoms with E-state index in [0.717, 1.165) is 43.8 Å². The van der Waals surface area contributed by atoms with Gasteiger partial charge in [0.25, 0.3) is 0 Å². The highest BCUT2D eigenvalue weighted by Crippen LogP contribution is 2.38. The quantitative estimate of drug-likeness (QED) is 0.902. The molecule has 3 rings (SSSR count). The number of likely N-dealkylation sites (tertiary alicyclic amines) is 1. The summed E-state index contributed by atoms with van der Waals surface area (Å²) in [5, 5.41) is 0.637. The van der Waals surface area contributed by atoms with E-state index >= 15 is 0 Å². The van der Waals surface area contributed by atoms with Gasteiger partial charge in [-0.3, -0.25) is 4.90 Å². The van der Waals surface area contributed by atoms with E-state index in [-0.39, 0.29) is 0 Å². The Labute approximate surface area is 118 Å². The molecule has 104 valence electrons. The fourth-order valence-corrected chi connectivity index (χ4v) is 2.93. The van der Waals surface area contributed by atoms with Crippen molar-refractivity contribution in [1.29, 1.82) is 0 Å². The molecule has 2 aliphatic rings. The number of nitrogens with two attached hydrogens (primary N) is 1. The molecule has 0 aliphatic carbocycles. The molecule has 2 N–H and O–H groups in total. The van der Waals surface area contributed by atoms with E-state index in [9.17, 15) is 0 Å². The molecule has 5 heteroatoms. The van der Waals surface area contributed by atoms with Crippen LogP contribution >= 0.6 is 11.6 Å². The summed E-state index contributed by atoms with van der Waals surface area (Å²) in [6, 6.07) is 4.31. The third kappa shape index (κ3) is 2.96. The third-order valence-corrected chi connectivity index (χ3v) is 3.86. The maximum atomic E-state index is 6.29. The van der Waals surface area contributed by atoms with Crippen LogP contribution < -0.4 is 15.2 Å². The number of halogens is 1. The number of hydrogen-bond donors (Lipinski definition) is 1. The first-order valence-corrected chi connectivity index (χ1v) is 7.16. The highest BCUT2D eigenvalue weighted by atomic mass is 35.5. The van der Waals surface area contributed by atoms with Crippen molar-refractivity contribution in [2.45, 2.75) is 25.4 Å². The largest absolute Gasteiger partial charge is 0.489 e. The zero-order valence-electron chi connectivity index (χ0n) is 10.9. The molecule has 2 heterocycles. The molecule has 0 saturated carbocycles. The van der Waals surface area contributed by atoms with Gasteiger partial charge < -0.3 is 15.2 Å². The Morgan fingerprint density at radius 2 is 2.16 bits per heavy atom. The molecule has 0 radical (unpaired) electrons. The summed E-state index contributed by atoms with van der Waals surface area (Å²) < 4.78 is 11.3. The van der Waals surface area contributed by atoms with Crippen LogP contribution in [-0.2, 0) is 6.54 Å². The van der Waals surface area contributed by atoms with Crippen LogP contribution in [0, 0.1) is 0 Å². The number of fused-ring (bicyclic) bond motifs is 1. The first-order chi connectivity index (χ1) is 9.22. The normalized spacial score (nSPS) is 23.4. The lowest BCUT2D eigenvalue weighted by atomic mass is 10.2. The lowest BCUT2D eigenvalue weighted by molar-refractivity contribution is 0.296. The molecule has 1 fully saturated rings. The van der Waals surface area contributed by atoms with Gasteiger partial charge in [0.2, 0.25) is 0 Å². The number of nitrogens with zero attached hydrogens (tertiary/aromatic N) is 1. The lowest BCUT2D eigenvalue weighted by Gasteiger charge is -2.17. The van der Waals surface area contributed by atoms with Crippen LogP contribution in [0.2, 0.25) is 5.02 Å². The first kappa shape index (κ1) is 13.0. The molecule has 0 bridgehead atoms. The van der Waals surface area contributed by atoms with Crippen LogP contribution in [0.25, 0.3) is 0 Å². The molecule has 1 aromatic carbocycles. The predicted molar refractivity (Wildman–Crippen MR) is 74.9 cm³/mol. The van der Waals surface area contributed by atoms with Crippen molar-refractivity contribution in [3.8, 4) is 11.5 Å². The average molecular weight is 283 g/mol. The first-order valence-electron chi connectivity index (χ1n) is 6.78. The van der Waals surface area contributed by atoms with Crippen molar-refractivity contribution in [2.75, 3.05) is 26.3 Å². The fourth-order valence-electron chi connectivity index (χ4n) is 2.64. The highest BCUT2D eigenvalue weighted by Gasteiger charge is 2.21. The number of rotatable bonds is 2. The van der Waals surface area contributed by atoms with Crippen LogP contribution in [0.15, 0.2) is 12.1 Å². The number of hydrogen-bond acceptors (Lipinski definition) is 4. The van der Waals surface area contributed by atoms with E-state index < -0.39 is 0 Å². The monoisotopic (exact) mass is 282 g/mol. The Balaban J connectivity index is 1.79. The Bertz CT molecular complexity index is 467. The van der Waals surface area contributed by atoms with Gasteiger partial charge in [-0.25, -0.2) is 0 Å². The predicted octanol–water partition coefficient (Wildman–Crippen LogP) is 2.03. The summed E-state index contributed by atoms with van der Waals surface area (Å²) in [5.41, 5.74) is 7.08. The Morgan fingerprint density at radius 1 is 1.32 bits per heavy atom. The second-order valence-corrected chi connectivity index (χ2v) is 5.65. The van der Waals surface area contributed by atoms with E-state index in [2.05, 4.69) is 4.90 Å². The summed E-state index contributed by atoms with van der Waals surface area (Å²) in [7, 11) is 0. The zero-order valence-corrected chi connectivity index (χ0v) is 11.7. The van der Waals surface area contributed by atoms with Gasteiger partial charge in [-0.1, -0.05) is 11.6 Å². The second kappa shape index (κ2) is 5.57. The minimum absolute atomic E-state index is 0.302. The molecule has 0 amide bonds. The third-order valence-electron chi connectivity index (χ3n) is 3.58. The van der Waals surface area contributed by atoms with E-state index in [0.29, 0.717) is 30.0 Å². The van der Waals surface area contributed by atoms with Crippen LogP contribution in [0.1, 0.15) is 18.4 Å². The molecule has 0 unspecified atom stereocenters. The molecular weight excluding hydrogens is 264 g/mol. The molecule has 1 saturated heterocycles. The topological polar surface area (TPSA) is 47.7 Å². The van der Waals surface area contributed by atoms with E-state index in [4.69, 9.17) is 26.8 Å². The number of benzene rings is 1. The maximum Gasteiger partial charge on any atom is 0.179 e. The van der Waals surface area contributed by atoms with Crippen molar-refractivity contribution in [2.24, 2.45) is 5.73 Å². The summed E-state index contributed by atoms with van der Waals surface area (Å²) >= 11 is 6.29. The standard InChI is InChI=1S/C14H19ClN2O2/c15-12-6-10(8-17-3-2-11(16)9-17)7-13-14(12)19-5-1-4-18-13/h6-7,11H,1-5,8-9,16H2/t11-/m0/s1. The van der Waals surface area contributed by atoms with Crippen molar-refractivity contribution in [1.82, 2.24) is 4.90 Å². The molecule has 0 spiro atoms. The van der Waals surface area contributed by atoms with Gasteiger partial charge >= 0.3 is 0 Å².